The van der Waals surface area contributed by atoms with E-state index in [1.165, 1.54) is 22.2 Å². The molecule has 5 aliphatic rings. The molecule has 0 spiro atoms. The minimum Gasteiger partial charge on any atom is -0.274 e. The van der Waals surface area contributed by atoms with Gasteiger partial charge in [0.15, 0.2) is 0 Å². The molecule has 148 valence electrons. The topological polar surface area (TPSA) is 101 Å². The number of hydrogen-bond donors (Lipinski definition) is 0. The van der Waals surface area contributed by atoms with E-state index in [0.29, 0.717) is 11.4 Å². The van der Waals surface area contributed by atoms with Crippen LogP contribution in [-0.2, 0) is 19.2 Å². The maximum atomic E-state index is 13.3. The van der Waals surface area contributed by atoms with Gasteiger partial charge in [-0.05, 0) is 24.3 Å². The molecule has 2 bridgehead atoms. The number of pyridine rings is 2. The van der Waals surface area contributed by atoms with Gasteiger partial charge in [0.1, 0.15) is 0 Å². The highest BCUT2D eigenvalue weighted by molar-refractivity contribution is 6.26. The van der Waals surface area contributed by atoms with E-state index in [1.807, 2.05) is 12.2 Å². The normalized spacial score (nSPS) is 34.0. The second-order valence-corrected chi connectivity index (χ2v) is 8.09. The van der Waals surface area contributed by atoms with Gasteiger partial charge in [-0.25, -0.2) is 9.80 Å². The van der Waals surface area contributed by atoms with Gasteiger partial charge in [0.2, 0.25) is 23.6 Å². The lowest BCUT2D eigenvalue weighted by Gasteiger charge is -2.44. The van der Waals surface area contributed by atoms with Gasteiger partial charge in [0.25, 0.3) is 0 Å². The van der Waals surface area contributed by atoms with Crippen LogP contribution in [0.1, 0.15) is 0 Å². The Hall–Kier alpha value is -3.68. The first-order valence-electron chi connectivity index (χ1n) is 9.83. The third-order valence-electron chi connectivity index (χ3n) is 6.82. The van der Waals surface area contributed by atoms with Gasteiger partial charge < -0.3 is 0 Å². The zero-order chi connectivity index (χ0) is 20.6. The zero-order valence-corrected chi connectivity index (χ0v) is 15.7. The van der Waals surface area contributed by atoms with E-state index in [9.17, 15) is 19.2 Å². The minimum absolute atomic E-state index is 0.323. The molecule has 3 aliphatic carbocycles. The first-order chi connectivity index (χ1) is 14.6. The SMILES string of the molecule is O=C1[C@@H]2C3C=CC([C@H]2C(=O)N1c1cccnc1)[C@H]1C(=O)N(c2cccnc2)C(=O)[C@H]31. The molecule has 8 heteroatoms. The standard InChI is InChI=1S/C22H16N4O4/c27-19-15-13-5-6-14(16(15)20(28)25(19)11-3-1-7-23-9-11)18-17(13)21(29)26(22(18)30)12-4-2-8-24-10-12/h1-10,13-18H/t13?,14?,15-,16-,17-,18-/m1/s1. The molecular formula is C22H16N4O4. The number of carbonyl (C=O) groups is 4. The van der Waals surface area contributed by atoms with Crippen molar-refractivity contribution in [3.63, 3.8) is 0 Å². The Labute approximate surface area is 171 Å². The molecule has 2 aromatic rings. The smallest absolute Gasteiger partial charge is 0.238 e. The highest BCUT2D eigenvalue weighted by atomic mass is 16.2. The molecule has 0 unspecified atom stereocenters. The molecule has 2 aliphatic heterocycles. The molecule has 2 saturated heterocycles. The van der Waals surface area contributed by atoms with E-state index in [4.69, 9.17) is 0 Å². The number of aromatic nitrogens is 2. The number of carbonyl (C=O) groups excluding carboxylic acids is 4. The quantitative estimate of drug-likeness (QED) is 0.555. The van der Waals surface area contributed by atoms with Crippen LogP contribution in [0.15, 0.2) is 61.2 Å². The zero-order valence-electron chi connectivity index (χ0n) is 15.7. The van der Waals surface area contributed by atoms with Crippen molar-refractivity contribution in [2.45, 2.75) is 0 Å². The second-order valence-electron chi connectivity index (χ2n) is 8.09. The summed E-state index contributed by atoms with van der Waals surface area (Å²) in [6.07, 6.45) is 9.79. The average Bonchev–Trinajstić information content (AvgIpc) is 3.22. The molecule has 0 aromatic carbocycles. The number of hydrogen-bond acceptors (Lipinski definition) is 6. The summed E-state index contributed by atoms with van der Waals surface area (Å²) in [4.78, 5) is 63.5. The van der Waals surface area contributed by atoms with E-state index < -0.39 is 35.5 Å². The molecule has 0 N–H and O–H groups in total. The van der Waals surface area contributed by atoms with Crippen molar-refractivity contribution in [3.05, 3.63) is 61.2 Å². The second kappa shape index (κ2) is 5.91. The molecule has 4 atom stereocenters. The third-order valence-corrected chi connectivity index (χ3v) is 6.82. The minimum atomic E-state index is -0.639. The number of allylic oxidation sites excluding steroid dienone is 2. The fourth-order valence-corrected chi connectivity index (χ4v) is 5.71. The van der Waals surface area contributed by atoms with Crippen LogP contribution in [0.2, 0.25) is 0 Å². The number of rotatable bonds is 2. The fourth-order valence-electron chi connectivity index (χ4n) is 5.71. The van der Waals surface area contributed by atoms with Gasteiger partial charge >= 0.3 is 0 Å². The summed E-state index contributed by atoms with van der Waals surface area (Å²) in [7, 11) is 0. The van der Waals surface area contributed by atoms with Crippen molar-refractivity contribution in [1.29, 1.82) is 0 Å². The molecule has 30 heavy (non-hydrogen) atoms. The van der Waals surface area contributed by atoms with Gasteiger partial charge in [-0.2, -0.15) is 0 Å². The van der Waals surface area contributed by atoms with Gasteiger partial charge in [-0.1, -0.05) is 12.2 Å². The predicted molar refractivity (Wildman–Crippen MR) is 104 cm³/mol. The van der Waals surface area contributed by atoms with Crippen LogP contribution in [0.5, 0.6) is 0 Å². The van der Waals surface area contributed by atoms with Crippen LogP contribution >= 0.6 is 0 Å². The van der Waals surface area contributed by atoms with Crippen molar-refractivity contribution in [2.24, 2.45) is 35.5 Å². The highest BCUT2D eigenvalue weighted by Gasteiger charge is 2.68. The third kappa shape index (κ3) is 2.00. The molecule has 2 aromatic heterocycles. The summed E-state index contributed by atoms with van der Waals surface area (Å²) in [6, 6.07) is 6.66. The fraction of sp³-hybridized carbons (Fsp3) is 0.273. The number of imide groups is 2. The largest absolute Gasteiger partial charge is 0.274 e. The molecule has 4 amide bonds. The van der Waals surface area contributed by atoms with Crippen LogP contribution in [0.4, 0.5) is 11.4 Å². The Kier molecular flexibility index (Phi) is 3.39. The summed E-state index contributed by atoms with van der Waals surface area (Å²) in [5.74, 6) is -4.82. The van der Waals surface area contributed by atoms with Crippen molar-refractivity contribution < 1.29 is 19.2 Å². The van der Waals surface area contributed by atoms with E-state index in [2.05, 4.69) is 9.97 Å². The Morgan fingerprint density at radius 2 is 0.967 bits per heavy atom. The van der Waals surface area contributed by atoms with Crippen LogP contribution in [-0.4, -0.2) is 33.6 Å². The molecule has 0 radical (unpaired) electrons. The van der Waals surface area contributed by atoms with E-state index in [1.54, 1.807) is 36.7 Å². The average molecular weight is 400 g/mol. The Balaban J connectivity index is 1.42. The van der Waals surface area contributed by atoms with Gasteiger partial charge in [0.05, 0.1) is 47.4 Å². The Bertz CT molecular complexity index is 999. The van der Waals surface area contributed by atoms with Gasteiger partial charge in [-0.3, -0.25) is 29.1 Å². The maximum absolute atomic E-state index is 13.3. The number of nitrogens with zero attached hydrogens (tertiary/aromatic N) is 4. The van der Waals surface area contributed by atoms with Gasteiger partial charge in [-0.15, -0.1) is 0 Å². The lowest BCUT2D eigenvalue weighted by molar-refractivity contribution is -0.137. The van der Waals surface area contributed by atoms with Crippen molar-refractivity contribution in [1.82, 2.24) is 9.97 Å². The summed E-state index contributed by atoms with van der Waals surface area (Å²) in [5, 5.41) is 0. The monoisotopic (exact) mass is 400 g/mol. The van der Waals surface area contributed by atoms with Crippen molar-refractivity contribution >= 4 is 35.0 Å². The summed E-state index contributed by atoms with van der Waals surface area (Å²) >= 11 is 0. The van der Waals surface area contributed by atoms with Crippen LogP contribution < -0.4 is 9.80 Å². The van der Waals surface area contributed by atoms with Crippen LogP contribution in [0.25, 0.3) is 0 Å². The Morgan fingerprint density at radius 3 is 1.27 bits per heavy atom. The first kappa shape index (κ1) is 17.2. The Morgan fingerprint density at radius 1 is 0.600 bits per heavy atom. The summed E-state index contributed by atoms with van der Waals surface area (Å²) < 4.78 is 0. The first-order valence-corrected chi connectivity index (χ1v) is 9.83. The van der Waals surface area contributed by atoms with Crippen molar-refractivity contribution in [2.75, 3.05) is 9.80 Å². The lowest BCUT2D eigenvalue weighted by Crippen LogP contribution is -2.50. The highest BCUT2D eigenvalue weighted by Crippen LogP contribution is 2.58. The maximum Gasteiger partial charge on any atom is 0.238 e. The predicted octanol–water partition coefficient (Wildman–Crippen LogP) is 1.20. The summed E-state index contributed by atoms with van der Waals surface area (Å²) in [5.41, 5.74) is 0.835. The molecule has 7 rings (SSSR count). The van der Waals surface area contributed by atoms with E-state index in [0.717, 1.165) is 0 Å². The van der Waals surface area contributed by atoms with Gasteiger partial charge in [0, 0.05) is 24.2 Å². The number of anilines is 2. The number of amides is 4. The van der Waals surface area contributed by atoms with E-state index >= 15 is 0 Å². The molecule has 1 saturated carbocycles. The van der Waals surface area contributed by atoms with E-state index in [-0.39, 0.29) is 23.6 Å². The summed E-state index contributed by atoms with van der Waals surface area (Å²) in [6.45, 7) is 0. The lowest BCUT2D eigenvalue weighted by atomic mass is 9.54. The molecular weight excluding hydrogens is 384 g/mol. The van der Waals surface area contributed by atoms with Crippen LogP contribution in [0, 0.1) is 35.5 Å². The molecule has 3 fully saturated rings. The molecule has 4 heterocycles. The van der Waals surface area contributed by atoms with Crippen molar-refractivity contribution in [3.8, 4) is 0 Å². The van der Waals surface area contributed by atoms with Crippen LogP contribution in [0.3, 0.4) is 0 Å². The molecule has 8 nitrogen and oxygen atoms in total.